The zero-order valence-electron chi connectivity index (χ0n) is 10.1. The van der Waals surface area contributed by atoms with Crippen molar-refractivity contribution >= 4 is 11.9 Å². The van der Waals surface area contributed by atoms with Gasteiger partial charge in [-0.15, -0.1) is 0 Å². The van der Waals surface area contributed by atoms with Crippen LogP contribution in [0.1, 0.15) is 16.2 Å². The van der Waals surface area contributed by atoms with Crippen LogP contribution in [0.3, 0.4) is 0 Å². The van der Waals surface area contributed by atoms with Crippen LogP contribution in [-0.4, -0.2) is 16.9 Å². The smallest absolute Gasteiger partial charge is 0.302 e. The van der Waals surface area contributed by atoms with Crippen molar-refractivity contribution in [1.29, 1.82) is 0 Å². The van der Waals surface area contributed by atoms with Gasteiger partial charge >= 0.3 is 5.91 Å². The lowest BCUT2D eigenvalue weighted by molar-refractivity contribution is 0.0997. The number of oxazole rings is 1. The molecule has 0 aliphatic rings. The summed E-state index contributed by atoms with van der Waals surface area (Å²) in [5.74, 6) is -1.38. The number of amides is 1. The van der Waals surface area contributed by atoms with Gasteiger partial charge in [-0.1, -0.05) is 12.1 Å². The second-order valence-electron chi connectivity index (χ2n) is 3.75. The predicted molar refractivity (Wildman–Crippen MR) is 66.8 cm³/mol. The Labute approximate surface area is 107 Å². The minimum Gasteiger partial charge on any atom is -0.440 e. The Morgan fingerprint density at radius 3 is 2.68 bits per heavy atom. The Kier molecular flexibility index (Phi) is 3.28. The van der Waals surface area contributed by atoms with Crippen LogP contribution in [0.5, 0.6) is 0 Å². The van der Waals surface area contributed by atoms with Gasteiger partial charge in [0, 0.05) is 0 Å². The lowest BCUT2D eigenvalue weighted by Gasteiger charge is -1.95. The topological polar surface area (TPSA) is 108 Å². The van der Waals surface area contributed by atoms with Gasteiger partial charge in [0.15, 0.2) is 11.7 Å². The molecule has 0 fully saturated rings. The first-order valence-electron chi connectivity index (χ1n) is 5.35. The third-order valence-electron chi connectivity index (χ3n) is 2.33. The van der Waals surface area contributed by atoms with Gasteiger partial charge in [-0.3, -0.25) is 4.79 Å². The summed E-state index contributed by atoms with van der Waals surface area (Å²) in [6.07, 6.45) is 0. The minimum atomic E-state index is -0.733. The zero-order valence-corrected chi connectivity index (χ0v) is 10.1. The van der Waals surface area contributed by atoms with E-state index in [1.165, 1.54) is 19.1 Å². The maximum atomic E-state index is 13.6. The van der Waals surface area contributed by atoms with Gasteiger partial charge in [0.25, 0.3) is 0 Å². The zero-order chi connectivity index (χ0) is 14.0. The molecule has 7 heteroatoms. The quantitative estimate of drug-likeness (QED) is 0.624. The van der Waals surface area contributed by atoms with Crippen LogP contribution < -0.4 is 11.5 Å². The van der Waals surface area contributed by atoms with E-state index in [4.69, 9.17) is 15.9 Å². The molecular weight excluding hydrogens is 251 g/mol. The van der Waals surface area contributed by atoms with E-state index < -0.39 is 11.7 Å². The third kappa shape index (κ3) is 2.59. The van der Waals surface area contributed by atoms with Crippen LogP contribution in [0.4, 0.5) is 4.39 Å². The highest BCUT2D eigenvalue weighted by molar-refractivity contribution is 6.01. The van der Waals surface area contributed by atoms with Crippen molar-refractivity contribution in [2.45, 2.75) is 6.92 Å². The number of nitrogens with zero attached hydrogens (tertiary/aromatic N) is 2. The van der Waals surface area contributed by atoms with E-state index in [1.807, 2.05) is 0 Å². The number of aryl methyl sites for hydroxylation is 1. The number of carbonyl (C=O) groups excluding carboxylic acids is 1. The average Bonchev–Trinajstić information content (AvgIpc) is 2.71. The van der Waals surface area contributed by atoms with Crippen molar-refractivity contribution in [2.75, 3.05) is 0 Å². The summed E-state index contributed by atoms with van der Waals surface area (Å²) in [5.41, 5.74) is 10.3. The molecule has 1 heterocycles. The third-order valence-corrected chi connectivity index (χ3v) is 2.33. The molecular formula is C12H11FN4O2. The summed E-state index contributed by atoms with van der Waals surface area (Å²) in [6, 6.07) is 5.94. The first-order valence-corrected chi connectivity index (χ1v) is 5.35. The lowest BCUT2D eigenvalue weighted by atomic mass is 10.2. The number of aromatic nitrogens is 1. The highest BCUT2D eigenvalue weighted by Crippen LogP contribution is 2.24. The van der Waals surface area contributed by atoms with Gasteiger partial charge in [-0.25, -0.2) is 9.37 Å². The molecule has 2 aromatic rings. The number of benzene rings is 1. The Bertz CT molecular complexity index is 659. The van der Waals surface area contributed by atoms with Gasteiger partial charge in [0.1, 0.15) is 11.6 Å². The SMILES string of the molecule is Cc1oc(-c2ccccc2F)nc1C(=O)N=C(N)N. The van der Waals surface area contributed by atoms with Gasteiger partial charge in [-0.2, -0.15) is 4.99 Å². The Morgan fingerprint density at radius 1 is 1.37 bits per heavy atom. The maximum absolute atomic E-state index is 13.6. The first kappa shape index (κ1) is 12.7. The average molecular weight is 262 g/mol. The van der Waals surface area contributed by atoms with E-state index in [1.54, 1.807) is 12.1 Å². The number of hydrogen-bond donors (Lipinski definition) is 2. The molecule has 0 unspecified atom stereocenters. The number of halogens is 1. The van der Waals surface area contributed by atoms with Crippen molar-refractivity contribution in [1.82, 2.24) is 4.98 Å². The summed E-state index contributed by atoms with van der Waals surface area (Å²) in [7, 11) is 0. The molecule has 1 aromatic carbocycles. The molecule has 6 nitrogen and oxygen atoms in total. The van der Waals surface area contributed by atoms with Crippen LogP contribution in [0, 0.1) is 12.7 Å². The van der Waals surface area contributed by atoms with Crippen LogP contribution in [0.2, 0.25) is 0 Å². The summed E-state index contributed by atoms with van der Waals surface area (Å²) >= 11 is 0. The summed E-state index contributed by atoms with van der Waals surface area (Å²) in [4.78, 5) is 18.9. The molecule has 2 rings (SSSR count). The van der Waals surface area contributed by atoms with Gasteiger partial charge in [-0.05, 0) is 19.1 Å². The fourth-order valence-corrected chi connectivity index (χ4v) is 1.51. The van der Waals surface area contributed by atoms with Crippen molar-refractivity contribution in [3.05, 3.63) is 41.5 Å². The molecule has 98 valence electrons. The number of nitrogens with two attached hydrogens (primary N) is 2. The molecule has 0 aliphatic heterocycles. The van der Waals surface area contributed by atoms with Crippen molar-refractivity contribution in [2.24, 2.45) is 16.5 Å². The molecule has 0 atom stereocenters. The molecule has 0 aliphatic carbocycles. The van der Waals surface area contributed by atoms with E-state index in [9.17, 15) is 9.18 Å². The molecule has 1 aromatic heterocycles. The second kappa shape index (κ2) is 4.89. The normalized spacial score (nSPS) is 10.2. The van der Waals surface area contributed by atoms with Gasteiger partial charge < -0.3 is 15.9 Å². The van der Waals surface area contributed by atoms with E-state index in [2.05, 4.69) is 9.98 Å². The van der Waals surface area contributed by atoms with Gasteiger partial charge in [0.2, 0.25) is 5.89 Å². The highest BCUT2D eigenvalue weighted by atomic mass is 19.1. The lowest BCUT2D eigenvalue weighted by Crippen LogP contribution is -2.24. The van der Waals surface area contributed by atoms with Crippen LogP contribution in [0.15, 0.2) is 33.7 Å². The molecule has 0 spiro atoms. The summed E-state index contributed by atoms with van der Waals surface area (Å²) in [5, 5.41) is 0. The minimum absolute atomic E-state index is 0.00439. The number of aliphatic imine (C=N–C) groups is 1. The monoisotopic (exact) mass is 262 g/mol. The van der Waals surface area contributed by atoms with Crippen LogP contribution >= 0.6 is 0 Å². The van der Waals surface area contributed by atoms with Crippen LogP contribution in [-0.2, 0) is 0 Å². The number of hydrogen-bond acceptors (Lipinski definition) is 3. The molecule has 19 heavy (non-hydrogen) atoms. The predicted octanol–water partition coefficient (Wildman–Crippen LogP) is 1.20. The fraction of sp³-hybridized carbons (Fsp3) is 0.0833. The molecule has 1 amide bonds. The summed E-state index contributed by atoms with van der Waals surface area (Å²) < 4.78 is 18.8. The molecule has 0 saturated heterocycles. The second-order valence-corrected chi connectivity index (χ2v) is 3.75. The number of guanidine groups is 1. The van der Waals surface area contributed by atoms with Crippen LogP contribution in [0.25, 0.3) is 11.5 Å². The Balaban J connectivity index is 2.45. The Morgan fingerprint density at radius 2 is 2.05 bits per heavy atom. The van der Waals surface area contributed by atoms with Crippen molar-refractivity contribution in [3.63, 3.8) is 0 Å². The van der Waals surface area contributed by atoms with E-state index >= 15 is 0 Å². The maximum Gasteiger partial charge on any atom is 0.302 e. The Hall–Kier alpha value is -2.70. The van der Waals surface area contributed by atoms with E-state index in [0.29, 0.717) is 0 Å². The first-order chi connectivity index (χ1) is 8.99. The fourth-order valence-electron chi connectivity index (χ4n) is 1.51. The van der Waals surface area contributed by atoms with Crippen molar-refractivity contribution in [3.8, 4) is 11.5 Å². The molecule has 0 radical (unpaired) electrons. The molecule has 0 saturated carbocycles. The number of rotatable bonds is 2. The largest absolute Gasteiger partial charge is 0.440 e. The van der Waals surface area contributed by atoms with Crippen molar-refractivity contribution < 1.29 is 13.6 Å². The van der Waals surface area contributed by atoms with E-state index in [-0.39, 0.29) is 28.9 Å². The highest BCUT2D eigenvalue weighted by Gasteiger charge is 2.19. The standard InChI is InChI=1S/C12H11FN4O2/c1-6-9(10(18)17-12(14)15)16-11(19-6)7-4-2-3-5-8(7)13/h2-5H,1H3,(H4,14,15,17,18). The number of carbonyl (C=O) groups is 1. The van der Waals surface area contributed by atoms with E-state index in [0.717, 1.165) is 0 Å². The molecule has 0 bridgehead atoms. The molecule has 4 N–H and O–H groups in total. The summed E-state index contributed by atoms with van der Waals surface area (Å²) in [6.45, 7) is 1.52. The van der Waals surface area contributed by atoms with Gasteiger partial charge in [0.05, 0.1) is 5.56 Å².